The van der Waals surface area contributed by atoms with E-state index in [9.17, 15) is 0 Å². The molecule has 12 rings (SSSR count). The van der Waals surface area contributed by atoms with E-state index in [2.05, 4.69) is 221 Å². The third-order valence-electron chi connectivity index (χ3n) is 14.0. The van der Waals surface area contributed by atoms with Gasteiger partial charge in [0.25, 0.3) is 0 Å². The van der Waals surface area contributed by atoms with Crippen molar-refractivity contribution in [1.29, 1.82) is 0 Å². The second-order valence-electron chi connectivity index (χ2n) is 18.0. The van der Waals surface area contributed by atoms with Gasteiger partial charge < -0.3 is 9.80 Å². The lowest BCUT2D eigenvalue weighted by Crippen LogP contribution is -2.59. The normalized spacial score (nSPS) is 13.2. The number of rotatable bonds is 4. The van der Waals surface area contributed by atoms with Gasteiger partial charge in [-0.2, -0.15) is 0 Å². The lowest BCUT2D eigenvalue weighted by Gasteiger charge is -2.40. The van der Waals surface area contributed by atoms with Gasteiger partial charge in [0, 0.05) is 44.9 Å². The van der Waals surface area contributed by atoms with Crippen LogP contribution in [-0.2, 0) is 0 Å². The predicted molar refractivity (Wildman–Crippen MR) is 270 cm³/mol. The molecule has 4 heteroatoms. The third kappa shape index (κ3) is 5.26. The molecule has 0 unspecified atom stereocenters. The molecule has 294 valence electrons. The van der Waals surface area contributed by atoms with E-state index in [1.807, 2.05) is 0 Å². The fraction of sp³-hybridized carbons (Fsp3) is 0.103. The lowest BCUT2D eigenvalue weighted by atomic mass is 9.33. The molecule has 0 aliphatic carbocycles. The quantitative estimate of drug-likeness (QED) is 0.129. The largest absolute Gasteiger partial charge is 0.311 e. The number of benzene rings is 10. The summed E-state index contributed by atoms with van der Waals surface area (Å²) in [6, 6.07) is 64.5. The monoisotopic (exact) mass is 792 g/mol. The summed E-state index contributed by atoms with van der Waals surface area (Å²) in [7, 11) is 0. The molecule has 0 radical (unpaired) electrons. The zero-order valence-corrected chi connectivity index (χ0v) is 36.2. The standard InChI is InChI=1S/C58H46B2N2/c1-35-29-37(3)55(38(4)30-35)59-47-21-13-15-23-51(47)61(43-17-9-7-10-18-43)57-45-27-26-42-34-50-58(46-28-25-41(33-49(57)59)53(45)54(42)46)62(44-19-11-8-12-20-44)52-24-16-14-22-48(52)60(50)56-39(5)31-36(2)32-40(56)6/h7-34H,1-6H3. The molecule has 62 heavy (non-hydrogen) atoms. The average molecular weight is 793 g/mol. The maximum absolute atomic E-state index is 2.55. The number of aryl methyl sites for hydroxylation is 6. The Morgan fingerprint density at radius 2 is 0.694 bits per heavy atom. The molecular formula is C58H46B2N2. The molecule has 0 N–H and O–H groups in total. The Balaban J connectivity index is 1.22. The average Bonchev–Trinajstić information content (AvgIpc) is 3.27. The summed E-state index contributed by atoms with van der Waals surface area (Å²) in [4.78, 5) is 5.10. The van der Waals surface area contributed by atoms with Crippen LogP contribution in [0.25, 0.3) is 32.3 Å². The first kappa shape index (κ1) is 36.8. The van der Waals surface area contributed by atoms with Crippen LogP contribution in [-0.4, -0.2) is 13.4 Å². The molecule has 0 saturated heterocycles. The molecule has 10 aromatic rings. The molecular weight excluding hydrogens is 746 g/mol. The SMILES string of the molecule is Cc1cc(C)c(B2c3ccccc3N(c3ccccc3)c3c2cc2ccc4c5c(cc6ccc3c2c64)B(c2c(C)cc(C)cc2C)c2ccccc2N5c2ccccc2)c(C)c1. The van der Waals surface area contributed by atoms with Crippen LogP contribution in [0, 0.1) is 41.5 Å². The number of hydrogen-bond acceptors (Lipinski definition) is 2. The Labute approximate surface area is 365 Å². The molecule has 2 aliphatic heterocycles. The van der Waals surface area contributed by atoms with Gasteiger partial charge in [-0.15, -0.1) is 0 Å². The van der Waals surface area contributed by atoms with Crippen molar-refractivity contribution in [1.82, 2.24) is 0 Å². The lowest BCUT2D eigenvalue weighted by molar-refractivity contribution is 1.30. The fourth-order valence-electron chi connectivity index (χ4n) is 12.0. The van der Waals surface area contributed by atoms with Crippen molar-refractivity contribution in [2.24, 2.45) is 0 Å². The number of fused-ring (bicyclic) bond motifs is 6. The minimum absolute atomic E-state index is 0.0725. The van der Waals surface area contributed by atoms with Crippen LogP contribution in [0.15, 0.2) is 170 Å². The van der Waals surface area contributed by atoms with Crippen LogP contribution >= 0.6 is 0 Å². The van der Waals surface area contributed by atoms with Crippen molar-refractivity contribution >= 4 is 113 Å². The van der Waals surface area contributed by atoms with E-state index >= 15 is 0 Å². The van der Waals surface area contributed by atoms with Crippen molar-refractivity contribution < 1.29 is 0 Å². The number of nitrogens with zero attached hydrogens (tertiary/aromatic N) is 2. The van der Waals surface area contributed by atoms with Gasteiger partial charge in [-0.25, -0.2) is 0 Å². The highest BCUT2D eigenvalue weighted by Gasteiger charge is 2.41. The van der Waals surface area contributed by atoms with E-state index in [4.69, 9.17) is 0 Å². The van der Waals surface area contributed by atoms with Crippen molar-refractivity contribution in [3.63, 3.8) is 0 Å². The summed E-state index contributed by atoms with van der Waals surface area (Å²) in [5.74, 6) is 0. The van der Waals surface area contributed by atoms with E-state index < -0.39 is 0 Å². The Kier molecular flexibility index (Phi) is 8.16. The first-order chi connectivity index (χ1) is 30.3. The van der Waals surface area contributed by atoms with Crippen molar-refractivity contribution in [3.05, 3.63) is 203 Å². The summed E-state index contributed by atoms with van der Waals surface area (Å²) < 4.78 is 0. The summed E-state index contributed by atoms with van der Waals surface area (Å²) in [5.41, 5.74) is 23.5. The van der Waals surface area contributed by atoms with Crippen molar-refractivity contribution in [3.8, 4) is 0 Å². The maximum Gasteiger partial charge on any atom is 0.247 e. The summed E-state index contributed by atoms with van der Waals surface area (Å²) in [6.45, 7) is 13.8. The molecule has 0 amide bonds. The van der Waals surface area contributed by atoms with E-state index in [1.54, 1.807) is 0 Å². The number of anilines is 6. The molecule has 2 nitrogen and oxygen atoms in total. The Morgan fingerprint density at radius 3 is 1.08 bits per heavy atom. The van der Waals surface area contributed by atoms with Gasteiger partial charge in [-0.1, -0.05) is 178 Å². The minimum atomic E-state index is 0.0725. The third-order valence-corrected chi connectivity index (χ3v) is 14.0. The van der Waals surface area contributed by atoms with Gasteiger partial charge in [0.15, 0.2) is 0 Å². The highest BCUT2D eigenvalue weighted by Crippen LogP contribution is 2.48. The van der Waals surface area contributed by atoms with Gasteiger partial charge >= 0.3 is 0 Å². The Hall–Kier alpha value is -7.03. The first-order valence-corrected chi connectivity index (χ1v) is 22.1. The second-order valence-corrected chi connectivity index (χ2v) is 18.0. The molecule has 2 heterocycles. The molecule has 0 saturated carbocycles. The van der Waals surface area contributed by atoms with E-state index in [0.717, 1.165) is 0 Å². The number of hydrogen-bond donors (Lipinski definition) is 0. The van der Waals surface area contributed by atoms with Crippen LogP contribution in [0.4, 0.5) is 34.1 Å². The molecule has 0 bridgehead atoms. The van der Waals surface area contributed by atoms with Crippen LogP contribution in [0.5, 0.6) is 0 Å². The first-order valence-electron chi connectivity index (χ1n) is 22.1. The summed E-state index contributed by atoms with van der Waals surface area (Å²) in [6.07, 6.45) is 0. The number of para-hydroxylation sites is 4. The van der Waals surface area contributed by atoms with Gasteiger partial charge in [-0.3, -0.25) is 0 Å². The van der Waals surface area contributed by atoms with Crippen LogP contribution in [0.3, 0.4) is 0 Å². The fourth-order valence-corrected chi connectivity index (χ4v) is 12.0. The van der Waals surface area contributed by atoms with Gasteiger partial charge in [0.1, 0.15) is 0 Å². The van der Waals surface area contributed by atoms with E-state index in [1.165, 1.54) is 133 Å². The molecule has 0 aromatic heterocycles. The summed E-state index contributed by atoms with van der Waals surface area (Å²) >= 11 is 0. The van der Waals surface area contributed by atoms with Crippen molar-refractivity contribution in [2.45, 2.75) is 41.5 Å². The molecule has 0 spiro atoms. The Morgan fingerprint density at radius 1 is 0.339 bits per heavy atom. The van der Waals surface area contributed by atoms with Gasteiger partial charge in [0.2, 0.25) is 13.4 Å². The van der Waals surface area contributed by atoms with Crippen LogP contribution in [0.1, 0.15) is 33.4 Å². The molecule has 0 fully saturated rings. The second kappa shape index (κ2) is 13.7. The van der Waals surface area contributed by atoms with E-state index in [0.29, 0.717) is 0 Å². The summed E-state index contributed by atoms with van der Waals surface area (Å²) in [5, 5.41) is 7.77. The smallest absolute Gasteiger partial charge is 0.247 e. The maximum atomic E-state index is 2.55. The van der Waals surface area contributed by atoms with Crippen molar-refractivity contribution in [2.75, 3.05) is 9.80 Å². The predicted octanol–water partition coefficient (Wildman–Crippen LogP) is 11.0. The zero-order chi connectivity index (χ0) is 42.0. The highest BCUT2D eigenvalue weighted by molar-refractivity contribution is 6.99. The highest BCUT2D eigenvalue weighted by atomic mass is 15.2. The Bertz CT molecular complexity index is 3170. The van der Waals surface area contributed by atoms with Gasteiger partial charge in [-0.05, 0) is 121 Å². The topological polar surface area (TPSA) is 6.48 Å². The molecule has 10 aromatic carbocycles. The molecule has 0 atom stereocenters. The van der Waals surface area contributed by atoms with Gasteiger partial charge in [0.05, 0.1) is 0 Å². The van der Waals surface area contributed by atoms with E-state index in [-0.39, 0.29) is 13.4 Å². The zero-order valence-electron chi connectivity index (χ0n) is 36.2. The van der Waals surface area contributed by atoms with Crippen LogP contribution in [0.2, 0.25) is 0 Å². The van der Waals surface area contributed by atoms with Crippen LogP contribution < -0.4 is 42.6 Å². The molecule has 2 aliphatic rings. The minimum Gasteiger partial charge on any atom is -0.311 e.